The van der Waals surface area contributed by atoms with Gasteiger partial charge in [-0.3, -0.25) is 4.79 Å². The normalized spacial score (nSPS) is 11.0. The molecule has 0 aliphatic carbocycles. The van der Waals surface area contributed by atoms with Gasteiger partial charge in [-0.05, 0) is 32.9 Å². The topological polar surface area (TPSA) is 99.2 Å². The van der Waals surface area contributed by atoms with Crippen molar-refractivity contribution in [2.45, 2.75) is 40.5 Å². The molecular formula is C21H24N4O4. The number of aromatic nitrogens is 3. The number of benzene rings is 1. The zero-order valence-electron chi connectivity index (χ0n) is 17.1. The third-order valence-electron chi connectivity index (χ3n) is 4.51. The number of esters is 1. The molecule has 152 valence electrons. The lowest BCUT2D eigenvalue weighted by atomic mass is 10.1. The Balaban J connectivity index is 1.69. The van der Waals surface area contributed by atoms with Gasteiger partial charge in [0.1, 0.15) is 5.56 Å². The second kappa shape index (κ2) is 8.30. The van der Waals surface area contributed by atoms with E-state index in [-0.39, 0.29) is 11.5 Å². The van der Waals surface area contributed by atoms with Gasteiger partial charge in [-0.1, -0.05) is 37.2 Å². The van der Waals surface area contributed by atoms with Crippen molar-refractivity contribution < 1.29 is 18.8 Å². The molecule has 0 fully saturated rings. The van der Waals surface area contributed by atoms with Gasteiger partial charge >= 0.3 is 5.97 Å². The highest BCUT2D eigenvalue weighted by Crippen LogP contribution is 2.24. The molecule has 0 spiro atoms. The monoisotopic (exact) mass is 396 g/mol. The Morgan fingerprint density at radius 2 is 1.83 bits per heavy atom. The van der Waals surface area contributed by atoms with Crippen LogP contribution in [0.2, 0.25) is 0 Å². The minimum atomic E-state index is -0.629. The summed E-state index contributed by atoms with van der Waals surface area (Å²) in [5.74, 6) is -0.654. The smallest absolute Gasteiger partial charge is 0.344 e. The van der Waals surface area contributed by atoms with Crippen molar-refractivity contribution in [2.75, 3.05) is 11.9 Å². The van der Waals surface area contributed by atoms with Crippen LogP contribution in [0.4, 0.5) is 5.69 Å². The van der Waals surface area contributed by atoms with E-state index in [2.05, 4.69) is 15.6 Å². The van der Waals surface area contributed by atoms with E-state index in [1.54, 1.807) is 11.6 Å². The molecule has 0 bridgehead atoms. The number of carbonyl (C=O) groups is 2. The maximum atomic E-state index is 12.4. The van der Waals surface area contributed by atoms with E-state index in [1.165, 1.54) is 0 Å². The van der Waals surface area contributed by atoms with Gasteiger partial charge in [0.15, 0.2) is 12.4 Å². The number of para-hydroxylation sites is 1. The number of anilines is 1. The lowest BCUT2D eigenvalue weighted by Crippen LogP contribution is -2.22. The van der Waals surface area contributed by atoms with Gasteiger partial charge in [0.25, 0.3) is 5.91 Å². The van der Waals surface area contributed by atoms with Crippen LogP contribution < -0.4 is 5.32 Å². The SMILES string of the molecule is Cc1nn(-c2ccccc2)c(C)c1NC(=O)COC(=O)c1c(C)noc1C(C)C. The highest BCUT2D eigenvalue weighted by atomic mass is 16.5. The Morgan fingerprint density at radius 3 is 2.48 bits per heavy atom. The molecule has 0 aliphatic rings. The summed E-state index contributed by atoms with van der Waals surface area (Å²) >= 11 is 0. The number of amides is 1. The minimum Gasteiger partial charge on any atom is -0.452 e. The van der Waals surface area contributed by atoms with Gasteiger partial charge in [0.2, 0.25) is 0 Å². The van der Waals surface area contributed by atoms with Gasteiger partial charge in [0.05, 0.1) is 28.5 Å². The molecule has 2 aromatic heterocycles. The lowest BCUT2D eigenvalue weighted by molar-refractivity contribution is -0.119. The summed E-state index contributed by atoms with van der Waals surface area (Å²) < 4.78 is 12.1. The fraction of sp³-hybridized carbons (Fsp3) is 0.333. The minimum absolute atomic E-state index is 0.0262. The highest BCUT2D eigenvalue weighted by Gasteiger charge is 2.25. The van der Waals surface area contributed by atoms with Gasteiger partial charge in [-0.25, -0.2) is 9.48 Å². The first kappa shape index (κ1) is 20.3. The van der Waals surface area contributed by atoms with Gasteiger partial charge < -0.3 is 14.6 Å². The van der Waals surface area contributed by atoms with Crippen molar-refractivity contribution in [3.05, 3.63) is 58.7 Å². The predicted molar refractivity (Wildman–Crippen MR) is 107 cm³/mol. The van der Waals surface area contributed by atoms with Crippen molar-refractivity contribution >= 4 is 17.6 Å². The molecule has 0 unspecified atom stereocenters. The Kier molecular flexibility index (Phi) is 5.81. The maximum Gasteiger partial charge on any atom is 0.344 e. The molecule has 0 atom stereocenters. The molecule has 0 saturated heterocycles. The summed E-state index contributed by atoms with van der Waals surface area (Å²) in [7, 11) is 0. The average Bonchev–Trinajstić information content (AvgIpc) is 3.22. The summed E-state index contributed by atoms with van der Waals surface area (Å²) in [6.07, 6.45) is 0. The number of ether oxygens (including phenoxy) is 1. The molecule has 0 aliphatic heterocycles. The van der Waals surface area contributed by atoms with Gasteiger partial charge in [-0.15, -0.1) is 0 Å². The van der Waals surface area contributed by atoms with Gasteiger partial charge in [-0.2, -0.15) is 5.10 Å². The number of nitrogens with one attached hydrogen (secondary N) is 1. The first-order chi connectivity index (χ1) is 13.8. The number of rotatable bonds is 6. The second-order valence-corrected chi connectivity index (χ2v) is 7.08. The van der Waals surface area contributed by atoms with E-state index in [0.717, 1.165) is 11.4 Å². The Morgan fingerprint density at radius 1 is 1.14 bits per heavy atom. The highest BCUT2D eigenvalue weighted by molar-refractivity contribution is 5.97. The maximum absolute atomic E-state index is 12.4. The van der Waals surface area contributed by atoms with Crippen LogP contribution in [0.1, 0.15) is 53.0 Å². The lowest BCUT2D eigenvalue weighted by Gasteiger charge is -2.08. The summed E-state index contributed by atoms with van der Waals surface area (Å²) in [4.78, 5) is 24.8. The van der Waals surface area contributed by atoms with E-state index < -0.39 is 18.5 Å². The molecule has 1 amide bonds. The molecule has 3 aromatic rings. The largest absolute Gasteiger partial charge is 0.452 e. The molecule has 0 saturated carbocycles. The average molecular weight is 396 g/mol. The van der Waals surface area contributed by atoms with Crippen LogP contribution in [0.15, 0.2) is 34.9 Å². The van der Waals surface area contributed by atoms with E-state index >= 15 is 0 Å². The third kappa shape index (κ3) is 4.21. The summed E-state index contributed by atoms with van der Waals surface area (Å²) in [5.41, 5.74) is 3.66. The fourth-order valence-corrected chi connectivity index (χ4v) is 3.05. The standard InChI is InChI=1S/C21H24N4O4/c1-12(2)20-18(13(3)24-29-20)21(27)28-11-17(26)22-19-14(4)23-25(15(19)5)16-9-7-6-8-10-16/h6-10,12H,11H2,1-5H3,(H,22,26). The van der Waals surface area contributed by atoms with Gasteiger partial charge in [0, 0.05) is 5.92 Å². The van der Waals surface area contributed by atoms with Crippen molar-refractivity contribution in [1.29, 1.82) is 0 Å². The molecule has 3 rings (SSSR count). The van der Waals surface area contributed by atoms with Crippen LogP contribution in [0, 0.1) is 20.8 Å². The number of hydrogen-bond acceptors (Lipinski definition) is 6. The van der Waals surface area contributed by atoms with Crippen LogP contribution in [-0.2, 0) is 9.53 Å². The van der Waals surface area contributed by atoms with E-state index in [4.69, 9.17) is 9.26 Å². The Hall–Kier alpha value is -3.42. The number of hydrogen-bond donors (Lipinski definition) is 1. The van der Waals surface area contributed by atoms with Crippen molar-refractivity contribution in [3.8, 4) is 5.69 Å². The summed E-state index contributed by atoms with van der Waals surface area (Å²) in [6.45, 7) is 8.69. The number of aryl methyl sites for hydroxylation is 2. The Labute approximate surface area is 168 Å². The molecular weight excluding hydrogens is 372 g/mol. The first-order valence-electron chi connectivity index (χ1n) is 9.34. The molecule has 8 nitrogen and oxygen atoms in total. The van der Waals surface area contributed by atoms with Crippen LogP contribution in [0.5, 0.6) is 0 Å². The third-order valence-corrected chi connectivity index (χ3v) is 4.51. The molecule has 0 radical (unpaired) electrons. The number of carbonyl (C=O) groups excluding carboxylic acids is 2. The summed E-state index contributed by atoms with van der Waals surface area (Å²) in [6, 6.07) is 9.62. The zero-order valence-corrected chi connectivity index (χ0v) is 17.1. The fourth-order valence-electron chi connectivity index (χ4n) is 3.05. The van der Waals surface area contributed by atoms with E-state index in [0.29, 0.717) is 22.8 Å². The van der Waals surface area contributed by atoms with Crippen molar-refractivity contribution in [3.63, 3.8) is 0 Å². The van der Waals surface area contributed by atoms with Crippen LogP contribution >= 0.6 is 0 Å². The van der Waals surface area contributed by atoms with Crippen molar-refractivity contribution in [2.24, 2.45) is 0 Å². The van der Waals surface area contributed by atoms with E-state index in [9.17, 15) is 9.59 Å². The zero-order chi connectivity index (χ0) is 21.1. The van der Waals surface area contributed by atoms with Crippen LogP contribution in [0.3, 0.4) is 0 Å². The molecule has 2 heterocycles. The first-order valence-corrected chi connectivity index (χ1v) is 9.34. The molecule has 1 aromatic carbocycles. The van der Waals surface area contributed by atoms with Crippen molar-refractivity contribution in [1.82, 2.24) is 14.9 Å². The molecule has 29 heavy (non-hydrogen) atoms. The second-order valence-electron chi connectivity index (χ2n) is 7.08. The number of nitrogens with zero attached hydrogens (tertiary/aromatic N) is 3. The Bertz CT molecular complexity index is 1030. The quantitative estimate of drug-likeness (QED) is 0.638. The predicted octanol–water partition coefficient (Wildman–Crippen LogP) is 3.70. The van der Waals surface area contributed by atoms with Crippen LogP contribution in [0.25, 0.3) is 5.69 Å². The van der Waals surface area contributed by atoms with E-state index in [1.807, 2.05) is 58.0 Å². The summed E-state index contributed by atoms with van der Waals surface area (Å²) in [5, 5.41) is 11.1. The molecule has 8 heteroatoms. The molecule has 1 N–H and O–H groups in total. The van der Waals surface area contributed by atoms with Crippen LogP contribution in [-0.4, -0.2) is 33.4 Å².